The molecule has 19 heavy (non-hydrogen) atoms. The Labute approximate surface area is 125 Å². The highest BCUT2D eigenvalue weighted by molar-refractivity contribution is 6.35. The van der Waals surface area contributed by atoms with Crippen LogP contribution in [-0.4, -0.2) is 5.11 Å². The van der Waals surface area contributed by atoms with E-state index in [2.05, 4.69) is 0 Å². The molecule has 0 heterocycles. The molecular weight excluding hydrogens is 310 g/mol. The normalized spacial score (nSPS) is 14.2. The Kier molecular flexibility index (Phi) is 4.07. The molecule has 0 fully saturated rings. The van der Waals surface area contributed by atoms with Crippen LogP contribution in [0.4, 0.5) is 4.39 Å². The third kappa shape index (κ3) is 2.87. The van der Waals surface area contributed by atoms with Gasteiger partial charge in [0.25, 0.3) is 0 Å². The minimum absolute atomic E-state index is 0.0874. The van der Waals surface area contributed by atoms with Crippen LogP contribution >= 0.6 is 34.8 Å². The molecule has 100 valence electrons. The molecule has 0 aliphatic heterocycles. The van der Waals surface area contributed by atoms with Gasteiger partial charge in [0.2, 0.25) is 0 Å². The Morgan fingerprint density at radius 3 is 2.37 bits per heavy atom. The van der Waals surface area contributed by atoms with E-state index in [9.17, 15) is 9.50 Å². The predicted molar refractivity (Wildman–Crippen MR) is 76.5 cm³/mol. The van der Waals surface area contributed by atoms with Crippen LogP contribution in [0, 0.1) is 5.82 Å². The van der Waals surface area contributed by atoms with E-state index in [1.165, 1.54) is 13.0 Å². The van der Waals surface area contributed by atoms with Gasteiger partial charge in [-0.05, 0) is 36.8 Å². The summed E-state index contributed by atoms with van der Waals surface area (Å²) in [7, 11) is 0. The molecule has 2 aromatic rings. The lowest BCUT2D eigenvalue weighted by Crippen LogP contribution is -2.23. The van der Waals surface area contributed by atoms with E-state index in [1.807, 2.05) is 0 Å². The summed E-state index contributed by atoms with van der Waals surface area (Å²) in [4.78, 5) is 0. The van der Waals surface area contributed by atoms with Crippen molar-refractivity contribution in [3.8, 4) is 0 Å². The molecule has 0 spiro atoms. The first-order valence-electron chi connectivity index (χ1n) is 5.46. The van der Waals surface area contributed by atoms with Gasteiger partial charge >= 0.3 is 0 Å². The number of aliphatic hydroxyl groups is 1. The van der Waals surface area contributed by atoms with Crippen LogP contribution in [0.5, 0.6) is 0 Å². The number of rotatable bonds is 2. The van der Waals surface area contributed by atoms with Crippen LogP contribution in [0.1, 0.15) is 18.1 Å². The fourth-order valence-corrected chi connectivity index (χ4v) is 2.60. The molecule has 0 aliphatic rings. The summed E-state index contributed by atoms with van der Waals surface area (Å²) in [5.74, 6) is -0.636. The average Bonchev–Trinajstić information content (AvgIpc) is 2.33. The standard InChI is InChI=1S/C14H10Cl3FO/c1-14(19,8-3-2-4-9(15)5-8)10-6-13(18)12(17)7-11(10)16/h2-7,19H,1H3. The van der Waals surface area contributed by atoms with Gasteiger partial charge in [-0.1, -0.05) is 46.9 Å². The van der Waals surface area contributed by atoms with Crippen LogP contribution in [0.2, 0.25) is 15.1 Å². The van der Waals surface area contributed by atoms with Crippen molar-refractivity contribution in [1.29, 1.82) is 0 Å². The predicted octanol–water partition coefficient (Wildman–Crippen LogP) is 5.04. The summed E-state index contributed by atoms with van der Waals surface area (Å²) >= 11 is 17.6. The van der Waals surface area contributed by atoms with Crippen molar-refractivity contribution in [3.63, 3.8) is 0 Å². The summed E-state index contributed by atoms with van der Waals surface area (Å²) < 4.78 is 13.6. The van der Waals surface area contributed by atoms with Crippen molar-refractivity contribution in [2.24, 2.45) is 0 Å². The molecule has 5 heteroatoms. The van der Waals surface area contributed by atoms with Crippen LogP contribution in [0.25, 0.3) is 0 Å². The van der Waals surface area contributed by atoms with Gasteiger partial charge in [0, 0.05) is 15.6 Å². The molecule has 0 radical (unpaired) electrons. The molecule has 0 saturated heterocycles. The zero-order valence-electron chi connectivity index (χ0n) is 9.92. The van der Waals surface area contributed by atoms with E-state index in [4.69, 9.17) is 34.8 Å². The maximum absolute atomic E-state index is 13.6. The van der Waals surface area contributed by atoms with Gasteiger partial charge in [0.05, 0.1) is 5.02 Å². The summed E-state index contributed by atoms with van der Waals surface area (Å²) in [6, 6.07) is 9.08. The first-order chi connectivity index (χ1) is 8.82. The van der Waals surface area contributed by atoms with Crippen molar-refractivity contribution in [2.75, 3.05) is 0 Å². The zero-order chi connectivity index (χ0) is 14.2. The first kappa shape index (κ1) is 14.6. The maximum Gasteiger partial charge on any atom is 0.142 e. The van der Waals surface area contributed by atoms with E-state index in [0.29, 0.717) is 10.6 Å². The lowest BCUT2D eigenvalue weighted by molar-refractivity contribution is 0.102. The van der Waals surface area contributed by atoms with Gasteiger partial charge in [-0.3, -0.25) is 0 Å². The molecule has 2 aromatic carbocycles. The fourth-order valence-electron chi connectivity index (χ4n) is 1.84. The van der Waals surface area contributed by atoms with Crippen molar-refractivity contribution >= 4 is 34.8 Å². The van der Waals surface area contributed by atoms with Gasteiger partial charge in [-0.25, -0.2) is 4.39 Å². The van der Waals surface area contributed by atoms with Crippen LogP contribution in [-0.2, 0) is 5.60 Å². The lowest BCUT2D eigenvalue weighted by atomic mass is 9.88. The second-order valence-electron chi connectivity index (χ2n) is 4.33. The van der Waals surface area contributed by atoms with Gasteiger partial charge in [-0.2, -0.15) is 0 Å². The van der Waals surface area contributed by atoms with Gasteiger partial charge in [-0.15, -0.1) is 0 Å². The minimum Gasteiger partial charge on any atom is -0.381 e. The molecule has 0 aromatic heterocycles. The molecule has 1 N–H and O–H groups in total. The zero-order valence-corrected chi connectivity index (χ0v) is 12.2. The third-order valence-electron chi connectivity index (χ3n) is 2.92. The van der Waals surface area contributed by atoms with E-state index in [-0.39, 0.29) is 15.6 Å². The summed E-state index contributed by atoms with van der Waals surface area (Å²) in [5, 5.41) is 11.2. The van der Waals surface area contributed by atoms with Crippen LogP contribution in [0.15, 0.2) is 36.4 Å². The Balaban J connectivity index is 2.59. The van der Waals surface area contributed by atoms with Gasteiger partial charge in [0.15, 0.2) is 0 Å². The minimum atomic E-state index is -1.46. The molecule has 2 rings (SSSR count). The van der Waals surface area contributed by atoms with E-state index < -0.39 is 11.4 Å². The smallest absolute Gasteiger partial charge is 0.142 e. The van der Waals surface area contributed by atoms with E-state index in [0.717, 1.165) is 6.07 Å². The Morgan fingerprint density at radius 2 is 1.74 bits per heavy atom. The molecule has 1 atom stereocenters. The van der Waals surface area contributed by atoms with Gasteiger partial charge in [0.1, 0.15) is 11.4 Å². The third-order valence-corrected chi connectivity index (χ3v) is 3.76. The van der Waals surface area contributed by atoms with E-state index in [1.54, 1.807) is 24.3 Å². The molecule has 0 bridgehead atoms. The molecular formula is C14H10Cl3FO. The lowest BCUT2D eigenvalue weighted by Gasteiger charge is -2.26. The molecule has 0 aliphatic carbocycles. The second kappa shape index (κ2) is 5.29. The fraction of sp³-hybridized carbons (Fsp3) is 0.143. The van der Waals surface area contributed by atoms with Crippen LogP contribution in [0.3, 0.4) is 0 Å². The van der Waals surface area contributed by atoms with Crippen molar-refractivity contribution in [2.45, 2.75) is 12.5 Å². The monoisotopic (exact) mass is 318 g/mol. The summed E-state index contributed by atoms with van der Waals surface area (Å²) in [6.07, 6.45) is 0. The van der Waals surface area contributed by atoms with Crippen molar-refractivity contribution in [3.05, 3.63) is 68.4 Å². The number of hydrogen-bond donors (Lipinski definition) is 1. The summed E-state index contributed by atoms with van der Waals surface area (Å²) in [5.41, 5.74) is -0.713. The highest BCUT2D eigenvalue weighted by Gasteiger charge is 2.29. The topological polar surface area (TPSA) is 20.2 Å². The van der Waals surface area contributed by atoms with Crippen molar-refractivity contribution in [1.82, 2.24) is 0 Å². The second-order valence-corrected chi connectivity index (χ2v) is 5.58. The molecule has 0 saturated carbocycles. The Morgan fingerprint density at radius 1 is 1.05 bits per heavy atom. The number of halogens is 4. The summed E-state index contributed by atoms with van der Waals surface area (Å²) in [6.45, 7) is 1.52. The number of hydrogen-bond acceptors (Lipinski definition) is 1. The highest BCUT2D eigenvalue weighted by Crippen LogP contribution is 2.37. The molecule has 1 unspecified atom stereocenters. The SMILES string of the molecule is CC(O)(c1cccc(Cl)c1)c1cc(F)c(Cl)cc1Cl. The highest BCUT2D eigenvalue weighted by atomic mass is 35.5. The average molecular weight is 320 g/mol. The van der Waals surface area contributed by atoms with Gasteiger partial charge < -0.3 is 5.11 Å². The largest absolute Gasteiger partial charge is 0.381 e. The molecule has 0 amide bonds. The maximum atomic E-state index is 13.6. The molecule has 1 nitrogen and oxygen atoms in total. The number of benzene rings is 2. The Hall–Kier alpha value is -0.800. The quantitative estimate of drug-likeness (QED) is 0.769. The van der Waals surface area contributed by atoms with Crippen molar-refractivity contribution < 1.29 is 9.50 Å². The Bertz CT molecular complexity index is 626. The van der Waals surface area contributed by atoms with Crippen LogP contribution < -0.4 is 0 Å². The first-order valence-corrected chi connectivity index (χ1v) is 6.59. The van der Waals surface area contributed by atoms with E-state index >= 15 is 0 Å².